The fourth-order valence-electron chi connectivity index (χ4n) is 2.07. The lowest BCUT2D eigenvalue weighted by Crippen LogP contribution is -2.29. The van der Waals surface area contributed by atoms with E-state index in [1.54, 1.807) is 7.05 Å². The summed E-state index contributed by atoms with van der Waals surface area (Å²) >= 11 is 0. The lowest BCUT2D eigenvalue weighted by Gasteiger charge is -2.23. The van der Waals surface area contributed by atoms with Gasteiger partial charge in [-0.2, -0.15) is 0 Å². The Balaban J connectivity index is 2.55. The highest BCUT2D eigenvalue weighted by Crippen LogP contribution is 2.37. The van der Waals surface area contributed by atoms with Crippen LogP contribution in [0, 0.1) is 0 Å². The molecular weight excluding hydrogens is 318 g/mol. The third kappa shape index (κ3) is 3.41. The Hall–Kier alpha value is -1.47. The number of fused-ring (bicyclic) bond motifs is 1. The monoisotopic (exact) mass is 333 g/mol. The second kappa shape index (κ2) is 6.11. The zero-order chi connectivity index (χ0) is 15.6. The van der Waals surface area contributed by atoms with Crippen molar-refractivity contribution >= 4 is 25.6 Å². The van der Waals surface area contributed by atoms with Gasteiger partial charge in [-0.3, -0.25) is 4.79 Å². The van der Waals surface area contributed by atoms with Crippen molar-refractivity contribution in [1.82, 2.24) is 4.90 Å². The largest absolute Gasteiger partial charge is 0.486 e. The summed E-state index contributed by atoms with van der Waals surface area (Å²) in [6.07, 6.45) is 0.787. The molecule has 0 radical (unpaired) electrons. The van der Waals surface area contributed by atoms with E-state index in [1.807, 2.05) is 6.92 Å². The summed E-state index contributed by atoms with van der Waals surface area (Å²) in [5, 5.41) is 0. The molecule has 6 nitrogen and oxygen atoms in total. The zero-order valence-electron chi connectivity index (χ0n) is 11.8. The lowest BCUT2D eigenvalue weighted by molar-refractivity contribution is 0.0784. The van der Waals surface area contributed by atoms with Gasteiger partial charge in [-0.15, -0.1) is 0 Å². The molecule has 1 heterocycles. The van der Waals surface area contributed by atoms with Crippen LogP contribution in [-0.2, 0) is 9.05 Å². The van der Waals surface area contributed by atoms with Crippen molar-refractivity contribution in [2.45, 2.75) is 18.2 Å². The van der Waals surface area contributed by atoms with E-state index in [0.29, 0.717) is 13.2 Å². The number of hydrogen-bond donors (Lipinski definition) is 0. The fraction of sp³-hybridized carbons (Fsp3) is 0.462. The SMILES string of the molecule is CCCN(C)C(=O)c1cc(S(=O)(=O)Cl)cc2c1OCCO2. The maximum absolute atomic E-state index is 12.4. The molecule has 0 aromatic heterocycles. The molecule has 116 valence electrons. The zero-order valence-corrected chi connectivity index (χ0v) is 13.3. The van der Waals surface area contributed by atoms with Gasteiger partial charge < -0.3 is 14.4 Å². The number of ether oxygens (including phenoxy) is 2. The summed E-state index contributed by atoms with van der Waals surface area (Å²) in [4.78, 5) is 13.8. The molecule has 1 aromatic rings. The van der Waals surface area contributed by atoms with Gasteiger partial charge in [-0.1, -0.05) is 6.92 Å². The molecule has 0 unspecified atom stereocenters. The number of rotatable bonds is 4. The van der Waals surface area contributed by atoms with Crippen molar-refractivity contribution in [3.63, 3.8) is 0 Å². The van der Waals surface area contributed by atoms with Crippen molar-refractivity contribution in [2.24, 2.45) is 0 Å². The van der Waals surface area contributed by atoms with Gasteiger partial charge in [-0.05, 0) is 12.5 Å². The van der Waals surface area contributed by atoms with Crippen molar-refractivity contribution in [3.8, 4) is 11.5 Å². The molecule has 0 N–H and O–H groups in total. The van der Waals surface area contributed by atoms with Gasteiger partial charge in [-0.25, -0.2) is 8.42 Å². The Morgan fingerprint density at radius 3 is 2.62 bits per heavy atom. The van der Waals surface area contributed by atoms with E-state index in [2.05, 4.69) is 0 Å². The molecule has 0 saturated heterocycles. The molecule has 0 bridgehead atoms. The fourth-order valence-corrected chi connectivity index (χ4v) is 2.84. The number of carbonyl (C=O) groups is 1. The number of benzene rings is 1. The van der Waals surface area contributed by atoms with Crippen molar-refractivity contribution < 1.29 is 22.7 Å². The summed E-state index contributed by atoms with van der Waals surface area (Å²) in [6.45, 7) is 3.08. The van der Waals surface area contributed by atoms with Crippen LogP contribution < -0.4 is 9.47 Å². The maximum Gasteiger partial charge on any atom is 0.261 e. The average molecular weight is 334 g/mol. The van der Waals surface area contributed by atoms with Gasteiger partial charge in [0.1, 0.15) is 13.2 Å². The summed E-state index contributed by atoms with van der Waals surface area (Å²) in [5.74, 6) is 0.148. The molecule has 8 heteroatoms. The van der Waals surface area contributed by atoms with Crippen LogP contribution in [0.4, 0.5) is 0 Å². The van der Waals surface area contributed by atoms with Gasteiger partial charge in [0.25, 0.3) is 15.0 Å². The first-order chi connectivity index (χ1) is 9.84. The number of carbonyl (C=O) groups excluding carboxylic acids is 1. The van der Waals surface area contributed by atoms with E-state index in [-0.39, 0.29) is 34.5 Å². The van der Waals surface area contributed by atoms with Gasteiger partial charge in [0.15, 0.2) is 11.5 Å². The normalized spacial score (nSPS) is 13.9. The highest BCUT2D eigenvalue weighted by atomic mass is 35.7. The summed E-state index contributed by atoms with van der Waals surface area (Å²) in [5.41, 5.74) is 0.141. The Bertz CT molecular complexity index is 659. The molecule has 0 fully saturated rings. The molecule has 2 rings (SSSR count). The first kappa shape index (κ1) is 15.9. The van der Waals surface area contributed by atoms with Crippen LogP contribution in [0.5, 0.6) is 11.5 Å². The summed E-state index contributed by atoms with van der Waals surface area (Å²) in [6, 6.07) is 2.50. The van der Waals surface area contributed by atoms with E-state index in [1.165, 1.54) is 17.0 Å². The molecule has 0 saturated carbocycles. The minimum atomic E-state index is -3.96. The van der Waals surface area contributed by atoms with Crippen LogP contribution in [0.2, 0.25) is 0 Å². The molecule has 21 heavy (non-hydrogen) atoms. The van der Waals surface area contributed by atoms with E-state index in [9.17, 15) is 13.2 Å². The van der Waals surface area contributed by atoms with E-state index in [4.69, 9.17) is 20.2 Å². The van der Waals surface area contributed by atoms with E-state index >= 15 is 0 Å². The second-order valence-electron chi connectivity index (χ2n) is 4.66. The molecule has 1 aromatic carbocycles. The topological polar surface area (TPSA) is 72.9 Å². The van der Waals surface area contributed by atoms with Gasteiger partial charge in [0, 0.05) is 30.3 Å². The van der Waals surface area contributed by atoms with Crippen LogP contribution in [0.1, 0.15) is 23.7 Å². The third-order valence-electron chi connectivity index (χ3n) is 3.03. The van der Waals surface area contributed by atoms with Gasteiger partial charge >= 0.3 is 0 Å². The van der Waals surface area contributed by atoms with Crippen LogP contribution in [-0.4, -0.2) is 46.0 Å². The number of nitrogens with zero attached hydrogens (tertiary/aromatic N) is 1. The quantitative estimate of drug-likeness (QED) is 0.786. The number of amides is 1. The highest BCUT2D eigenvalue weighted by Gasteiger charge is 2.26. The van der Waals surface area contributed by atoms with Gasteiger partial charge in [0.05, 0.1) is 10.5 Å². The Morgan fingerprint density at radius 1 is 1.33 bits per heavy atom. The third-order valence-corrected chi connectivity index (χ3v) is 4.37. The Morgan fingerprint density at radius 2 is 2.00 bits per heavy atom. The number of halogens is 1. The highest BCUT2D eigenvalue weighted by molar-refractivity contribution is 8.13. The smallest absolute Gasteiger partial charge is 0.261 e. The van der Waals surface area contributed by atoms with Crippen molar-refractivity contribution in [1.29, 1.82) is 0 Å². The molecular formula is C13H16ClNO5S. The molecule has 1 amide bonds. The predicted octanol–water partition coefficient (Wildman–Crippen LogP) is 1.87. The van der Waals surface area contributed by atoms with Crippen LogP contribution in [0.15, 0.2) is 17.0 Å². The van der Waals surface area contributed by atoms with Crippen molar-refractivity contribution in [2.75, 3.05) is 26.8 Å². The minimum absolute atomic E-state index is 0.141. The standard InChI is InChI=1S/C13H16ClNO5S/c1-3-4-15(2)13(16)10-7-9(21(14,17)18)8-11-12(10)20-6-5-19-11/h7-8H,3-6H2,1-2H3. The Labute approximate surface area is 128 Å². The average Bonchev–Trinajstić information content (AvgIpc) is 2.44. The number of hydrogen-bond acceptors (Lipinski definition) is 5. The van der Waals surface area contributed by atoms with E-state index in [0.717, 1.165) is 6.42 Å². The van der Waals surface area contributed by atoms with Gasteiger partial charge in [0.2, 0.25) is 0 Å². The molecule has 0 spiro atoms. The molecule has 1 aliphatic rings. The first-order valence-electron chi connectivity index (χ1n) is 6.48. The van der Waals surface area contributed by atoms with Crippen LogP contribution in [0.3, 0.4) is 0 Å². The lowest BCUT2D eigenvalue weighted by atomic mass is 10.1. The minimum Gasteiger partial charge on any atom is -0.486 e. The Kier molecular flexibility index (Phi) is 4.63. The summed E-state index contributed by atoms with van der Waals surface area (Å²) in [7, 11) is 3.05. The second-order valence-corrected chi connectivity index (χ2v) is 7.23. The molecule has 0 atom stereocenters. The predicted molar refractivity (Wildman–Crippen MR) is 77.7 cm³/mol. The summed E-state index contributed by atoms with van der Waals surface area (Å²) < 4.78 is 33.9. The molecule has 0 aliphatic carbocycles. The van der Waals surface area contributed by atoms with Crippen LogP contribution >= 0.6 is 10.7 Å². The maximum atomic E-state index is 12.4. The molecule has 1 aliphatic heterocycles. The first-order valence-corrected chi connectivity index (χ1v) is 8.79. The van der Waals surface area contributed by atoms with E-state index < -0.39 is 9.05 Å². The van der Waals surface area contributed by atoms with Crippen LogP contribution in [0.25, 0.3) is 0 Å². The van der Waals surface area contributed by atoms with Crippen molar-refractivity contribution in [3.05, 3.63) is 17.7 Å².